The Morgan fingerprint density at radius 3 is 2.89 bits per heavy atom. The molecular formula is C12H11Cl2N3O. The summed E-state index contributed by atoms with van der Waals surface area (Å²) in [4.78, 5) is 18.6. The van der Waals surface area contributed by atoms with E-state index < -0.39 is 0 Å². The minimum Gasteiger partial charge on any atom is -0.349 e. The Labute approximate surface area is 114 Å². The van der Waals surface area contributed by atoms with Crippen LogP contribution in [-0.2, 0) is 17.8 Å². The number of hydrogen-bond acceptors (Lipinski definition) is 2. The molecule has 0 bridgehead atoms. The Morgan fingerprint density at radius 1 is 1.39 bits per heavy atom. The Balaban J connectivity index is 1.91. The van der Waals surface area contributed by atoms with E-state index >= 15 is 0 Å². The molecule has 0 saturated heterocycles. The Morgan fingerprint density at radius 2 is 2.22 bits per heavy atom. The molecule has 0 radical (unpaired) electrons. The van der Waals surface area contributed by atoms with Crippen molar-refractivity contribution in [3.05, 3.63) is 52.0 Å². The van der Waals surface area contributed by atoms with Crippen molar-refractivity contribution in [2.24, 2.45) is 0 Å². The summed E-state index contributed by atoms with van der Waals surface area (Å²) in [5, 5.41) is 3.80. The van der Waals surface area contributed by atoms with E-state index in [4.69, 9.17) is 23.2 Å². The molecule has 0 unspecified atom stereocenters. The minimum atomic E-state index is -0.115. The molecule has 0 aliphatic heterocycles. The van der Waals surface area contributed by atoms with Crippen LogP contribution in [0.1, 0.15) is 11.4 Å². The highest BCUT2D eigenvalue weighted by molar-refractivity contribution is 6.35. The number of imidazole rings is 1. The zero-order valence-electron chi connectivity index (χ0n) is 9.41. The van der Waals surface area contributed by atoms with Gasteiger partial charge in [-0.05, 0) is 17.7 Å². The van der Waals surface area contributed by atoms with Crippen molar-refractivity contribution in [3.8, 4) is 0 Å². The lowest BCUT2D eigenvalue weighted by atomic mass is 10.1. The summed E-state index contributed by atoms with van der Waals surface area (Å²) in [6, 6.07) is 5.08. The maximum atomic E-state index is 11.7. The Hall–Kier alpha value is -1.52. The van der Waals surface area contributed by atoms with E-state index in [-0.39, 0.29) is 12.3 Å². The number of aromatic amines is 1. The van der Waals surface area contributed by atoms with Gasteiger partial charge < -0.3 is 10.3 Å². The van der Waals surface area contributed by atoms with Crippen LogP contribution in [0.25, 0.3) is 0 Å². The number of carbonyl (C=O) groups is 1. The van der Waals surface area contributed by atoms with Gasteiger partial charge in [0.1, 0.15) is 5.82 Å². The molecule has 6 heteroatoms. The lowest BCUT2D eigenvalue weighted by molar-refractivity contribution is -0.120. The number of hydrogen-bond donors (Lipinski definition) is 2. The predicted molar refractivity (Wildman–Crippen MR) is 70.6 cm³/mol. The van der Waals surface area contributed by atoms with Gasteiger partial charge in [-0.1, -0.05) is 29.3 Å². The average Bonchev–Trinajstić information content (AvgIpc) is 2.83. The molecule has 1 amide bonds. The summed E-state index contributed by atoms with van der Waals surface area (Å²) in [5.41, 5.74) is 0.748. The summed E-state index contributed by atoms with van der Waals surface area (Å²) in [7, 11) is 0. The fraction of sp³-hybridized carbons (Fsp3) is 0.167. The van der Waals surface area contributed by atoms with E-state index in [2.05, 4.69) is 15.3 Å². The van der Waals surface area contributed by atoms with Crippen LogP contribution in [-0.4, -0.2) is 15.9 Å². The van der Waals surface area contributed by atoms with Crippen molar-refractivity contribution in [2.45, 2.75) is 13.0 Å². The highest BCUT2D eigenvalue weighted by Gasteiger charge is 2.07. The quantitative estimate of drug-likeness (QED) is 0.906. The van der Waals surface area contributed by atoms with Crippen molar-refractivity contribution in [1.82, 2.24) is 15.3 Å². The number of halogens is 2. The fourth-order valence-electron chi connectivity index (χ4n) is 1.48. The van der Waals surface area contributed by atoms with Crippen molar-refractivity contribution < 1.29 is 4.79 Å². The summed E-state index contributed by atoms with van der Waals surface area (Å²) in [5.74, 6) is 0.598. The molecule has 0 atom stereocenters. The summed E-state index contributed by atoms with van der Waals surface area (Å²) >= 11 is 11.8. The maximum Gasteiger partial charge on any atom is 0.224 e. The van der Waals surface area contributed by atoms with Crippen LogP contribution in [0.2, 0.25) is 10.0 Å². The molecule has 1 aromatic carbocycles. The van der Waals surface area contributed by atoms with Gasteiger partial charge in [-0.15, -0.1) is 0 Å². The first-order chi connectivity index (χ1) is 8.65. The second-order valence-electron chi connectivity index (χ2n) is 3.73. The van der Waals surface area contributed by atoms with Crippen molar-refractivity contribution in [1.29, 1.82) is 0 Å². The van der Waals surface area contributed by atoms with Gasteiger partial charge in [0.05, 0.1) is 13.0 Å². The molecule has 94 valence electrons. The van der Waals surface area contributed by atoms with Crippen molar-refractivity contribution in [3.63, 3.8) is 0 Å². The Bertz CT molecular complexity index is 540. The molecule has 0 fully saturated rings. The SMILES string of the molecule is O=C(Cc1ccc(Cl)cc1Cl)NCc1ncc[nH]1. The highest BCUT2D eigenvalue weighted by atomic mass is 35.5. The third-order valence-corrected chi connectivity index (χ3v) is 2.96. The van der Waals surface area contributed by atoms with E-state index in [1.54, 1.807) is 30.6 Å². The number of benzene rings is 1. The molecule has 4 nitrogen and oxygen atoms in total. The molecule has 0 aliphatic carbocycles. The number of rotatable bonds is 4. The van der Waals surface area contributed by atoms with Gasteiger partial charge in [-0.2, -0.15) is 0 Å². The molecule has 2 aromatic rings. The van der Waals surface area contributed by atoms with Crippen LogP contribution in [0.3, 0.4) is 0 Å². The predicted octanol–water partition coefficient (Wildman–Crippen LogP) is 2.58. The number of nitrogens with one attached hydrogen (secondary N) is 2. The molecule has 18 heavy (non-hydrogen) atoms. The van der Waals surface area contributed by atoms with Crippen LogP contribution >= 0.6 is 23.2 Å². The molecule has 1 heterocycles. The van der Waals surface area contributed by atoms with E-state index in [1.165, 1.54) is 0 Å². The fourth-order valence-corrected chi connectivity index (χ4v) is 1.95. The van der Waals surface area contributed by atoms with Crippen LogP contribution in [0.15, 0.2) is 30.6 Å². The van der Waals surface area contributed by atoms with E-state index in [9.17, 15) is 4.79 Å². The zero-order chi connectivity index (χ0) is 13.0. The maximum absolute atomic E-state index is 11.7. The van der Waals surface area contributed by atoms with Gasteiger partial charge in [0.15, 0.2) is 0 Å². The van der Waals surface area contributed by atoms with Crippen molar-refractivity contribution >= 4 is 29.1 Å². The third-order valence-electron chi connectivity index (χ3n) is 2.37. The first kappa shape index (κ1) is 12.9. The zero-order valence-corrected chi connectivity index (χ0v) is 10.9. The summed E-state index contributed by atoms with van der Waals surface area (Å²) < 4.78 is 0. The van der Waals surface area contributed by atoms with E-state index in [1.807, 2.05) is 0 Å². The van der Waals surface area contributed by atoms with Gasteiger partial charge in [-0.3, -0.25) is 4.79 Å². The van der Waals surface area contributed by atoms with Gasteiger partial charge in [0.25, 0.3) is 0 Å². The lowest BCUT2D eigenvalue weighted by Gasteiger charge is -2.05. The van der Waals surface area contributed by atoms with E-state index in [0.29, 0.717) is 22.4 Å². The Kier molecular flexibility index (Phi) is 4.23. The number of amides is 1. The summed E-state index contributed by atoms with van der Waals surface area (Å²) in [6.07, 6.45) is 3.56. The lowest BCUT2D eigenvalue weighted by Crippen LogP contribution is -2.25. The first-order valence-electron chi connectivity index (χ1n) is 5.34. The number of aromatic nitrogens is 2. The highest BCUT2D eigenvalue weighted by Crippen LogP contribution is 2.21. The molecule has 0 spiro atoms. The number of carbonyl (C=O) groups excluding carboxylic acids is 1. The van der Waals surface area contributed by atoms with Crippen LogP contribution in [0, 0.1) is 0 Å². The van der Waals surface area contributed by atoms with Crippen molar-refractivity contribution in [2.75, 3.05) is 0 Å². The van der Waals surface area contributed by atoms with Gasteiger partial charge in [-0.25, -0.2) is 4.98 Å². The molecule has 1 aromatic heterocycles. The molecule has 2 N–H and O–H groups in total. The molecular weight excluding hydrogens is 273 g/mol. The second kappa shape index (κ2) is 5.89. The smallest absolute Gasteiger partial charge is 0.224 e. The van der Waals surface area contributed by atoms with Gasteiger partial charge >= 0.3 is 0 Å². The number of nitrogens with zero attached hydrogens (tertiary/aromatic N) is 1. The third kappa shape index (κ3) is 3.48. The second-order valence-corrected chi connectivity index (χ2v) is 4.57. The average molecular weight is 284 g/mol. The van der Waals surface area contributed by atoms with Crippen LogP contribution in [0.5, 0.6) is 0 Å². The number of H-pyrrole nitrogens is 1. The largest absolute Gasteiger partial charge is 0.349 e. The topological polar surface area (TPSA) is 57.8 Å². The minimum absolute atomic E-state index is 0.115. The molecule has 0 aliphatic rings. The first-order valence-corrected chi connectivity index (χ1v) is 6.09. The van der Waals surface area contributed by atoms with Gasteiger partial charge in [0.2, 0.25) is 5.91 Å². The van der Waals surface area contributed by atoms with Crippen LogP contribution in [0.4, 0.5) is 0 Å². The molecule has 0 saturated carbocycles. The van der Waals surface area contributed by atoms with Crippen LogP contribution < -0.4 is 5.32 Å². The monoisotopic (exact) mass is 283 g/mol. The standard InChI is InChI=1S/C12H11Cl2N3O/c13-9-2-1-8(10(14)6-9)5-12(18)17-7-11-15-3-4-16-11/h1-4,6H,5,7H2,(H,15,16)(H,17,18). The normalized spacial score (nSPS) is 10.3. The van der Waals surface area contributed by atoms with E-state index in [0.717, 1.165) is 5.56 Å². The van der Waals surface area contributed by atoms with Gasteiger partial charge in [0, 0.05) is 22.4 Å². The summed E-state index contributed by atoms with van der Waals surface area (Å²) in [6.45, 7) is 0.372. The molecule has 2 rings (SSSR count).